The number of rotatable bonds is 1. The van der Waals surface area contributed by atoms with Gasteiger partial charge >= 0.3 is 0 Å². The number of benzene rings is 2. The third kappa shape index (κ3) is 2.99. The number of allylic oxidation sites excluding steroid dienone is 1. The van der Waals surface area contributed by atoms with Crippen LogP contribution in [0.5, 0.6) is 23.0 Å². The van der Waals surface area contributed by atoms with Crippen molar-refractivity contribution in [1.82, 2.24) is 5.32 Å². The van der Waals surface area contributed by atoms with Gasteiger partial charge in [-0.3, -0.25) is 0 Å². The van der Waals surface area contributed by atoms with E-state index in [-0.39, 0.29) is 23.2 Å². The molecule has 1 heterocycles. The van der Waals surface area contributed by atoms with Gasteiger partial charge in [0.15, 0.2) is 11.5 Å². The Morgan fingerprint density at radius 3 is 2.18 bits per heavy atom. The summed E-state index contributed by atoms with van der Waals surface area (Å²) in [5.41, 5.74) is 1.53. The van der Waals surface area contributed by atoms with Crippen molar-refractivity contribution < 1.29 is 20.1 Å². The number of phenols is 3. The molecule has 5 nitrogen and oxygen atoms in total. The largest absolute Gasteiger partial charge is 0.508 e. The molecule has 1 atom stereocenters. The lowest BCUT2D eigenvalue weighted by Gasteiger charge is -2.10. The second-order valence-electron chi connectivity index (χ2n) is 4.98. The molecule has 0 fully saturated rings. The van der Waals surface area contributed by atoms with Crippen LogP contribution in [0.25, 0.3) is 0 Å². The highest BCUT2D eigenvalue weighted by atomic mass is 16.5. The molecule has 2 aromatic rings. The number of hydrogen-bond donors (Lipinski definition) is 4. The van der Waals surface area contributed by atoms with E-state index in [9.17, 15) is 15.3 Å². The molecule has 2 aromatic carbocycles. The van der Waals surface area contributed by atoms with Crippen molar-refractivity contribution in [1.29, 1.82) is 0 Å². The first kappa shape index (κ1) is 15.7. The molecule has 3 rings (SSSR count). The van der Waals surface area contributed by atoms with Gasteiger partial charge in [0.1, 0.15) is 17.3 Å². The molecule has 5 heteroatoms. The molecule has 0 radical (unpaired) electrons. The van der Waals surface area contributed by atoms with Gasteiger partial charge in [0, 0.05) is 11.6 Å². The lowest BCUT2D eigenvalue weighted by Crippen LogP contribution is -1.99. The Kier molecular flexibility index (Phi) is 4.58. The Bertz CT molecular complexity index is 680. The summed E-state index contributed by atoms with van der Waals surface area (Å²) in [6, 6.07) is 9.43. The Morgan fingerprint density at radius 2 is 1.59 bits per heavy atom. The molecule has 0 saturated heterocycles. The highest BCUT2D eigenvalue weighted by Gasteiger charge is 2.32. The Balaban J connectivity index is 0.000000545. The third-order valence-corrected chi connectivity index (χ3v) is 3.18. The molecule has 0 bridgehead atoms. The SMILES string of the molecule is C=C1Oc2c(O)cc(O)cc2C1c1ccc(O)cc1.CNC. The molecule has 1 aliphatic heterocycles. The molecule has 1 aliphatic rings. The molecule has 116 valence electrons. The normalized spacial score (nSPS) is 15.5. The maximum absolute atomic E-state index is 9.77. The van der Waals surface area contributed by atoms with E-state index in [0.29, 0.717) is 17.1 Å². The van der Waals surface area contributed by atoms with E-state index in [0.717, 1.165) is 5.56 Å². The van der Waals surface area contributed by atoms with Crippen LogP contribution in [0, 0.1) is 0 Å². The van der Waals surface area contributed by atoms with Gasteiger partial charge in [0.25, 0.3) is 0 Å². The van der Waals surface area contributed by atoms with Gasteiger partial charge in [-0.25, -0.2) is 0 Å². The average Bonchev–Trinajstić information content (AvgIpc) is 2.78. The maximum Gasteiger partial charge on any atom is 0.173 e. The number of aromatic hydroxyl groups is 3. The first-order chi connectivity index (χ1) is 10.5. The van der Waals surface area contributed by atoms with Crippen LogP contribution in [-0.2, 0) is 0 Å². The quantitative estimate of drug-likeness (QED) is 0.651. The monoisotopic (exact) mass is 301 g/mol. The minimum absolute atomic E-state index is 0.0293. The van der Waals surface area contributed by atoms with Crippen LogP contribution >= 0.6 is 0 Å². The van der Waals surface area contributed by atoms with Crippen LogP contribution in [0.2, 0.25) is 0 Å². The highest BCUT2D eigenvalue weighted by molar-refractivity contribution is 5.60. The number of hydrogen-bond acceptors (Lipinski definition) is 5. The van der Waals surface area contributed by atoms with Gasteiger partial charge in [0.2, 0.25) is 0 Å². The van der Waals surface area contributed by atoms with E-state index in [2.05, 4.69) is 11.9 Å². The summed E-state index contributed by atoms with van der Waals surface area (Å²) < 4.78 is 5.47. The maximum atomic E-state index is 9.77. The van der Waals surface area contributed by atoms with E-state index >= 15 is 0 Å². The molecule has 1 unspecified atom stereocenters. The molecule has 22 heavy (non-hydrogen) atoms. The molecular weight excluding hydrogens is 282 g/mol. The van der Waals surface area contributed by atoms with Gasteiger partial charge in [0.05, 0.1) is 5.92 Å². The van der Waals surface area contributed by atoms with Crippen molar-refractivity contribution in [3.05, 3.63) is 59.9 Å². The smallest absolute Gasteiger partial charge is 0.173 e. The predicted octanol–water partition coefficient (Wildman–Crippen LogP) is 2.68. The van der Waals surface area contributed by atoms with Crippen LogP contribution in [0.1, 0.15) is 17.0 Å². The van der Waals surface area contributed by atoms with Crippen molar-refractivity contribution in [3.63, 3.8) is 0 Å². The van der Waals surface area contributed by atoms with Gasteiger partial charge in [-0.15, -0.1) is 0 Å². The fraction of sp³-hybridized carbons (Fsp3) is 0.176. The lowest BCUT2D eigenvalue weighted by molar-refractivity contribution is 0.390. The predicted molar refractivity (Wildman–Crippen MR) is 84.5 cm³/mol. The van der Waals surface area contributed by atoms with Gasteiger partial charge in [-0.2, -0.15) is 0 Å². The third-order valence-electron chi connectivity index (χ3n) is 3.18. The zero-order valence-corrected chi connectivity index (χ0v) is 12.5. The van der Waals surface area contributed by atoms with Gasteiger partial charge in [-0.05, 0) is 37.9 Å². The van der Waals surface area contributed by atoms with Crippen molar-refractivity contribution in [2.24, 2.45) is 0 Å². The number of fused-ring (bicyclic) bond motifs is 1. The van der Waals surface area contributed by atoms with E-state index in [1.165, 1.54) is 6.07 Å². The zero-order chi connectivity index (χ0) is 16.3. The molecule has 0 saturated carbocycles. The van der Waals surface area contributed by atoms with Crippen molar-refractivity contribution >= 4 is 0 Å². The number of nitrogens with one attached hydrogen (secondary N) is 1. The molecule has 0 amide bonds. The van der Waals surface area contributed by atoms with Crippen LogP contribution in [0.15, 0.2) is 48.7 Å². The number of ether oxygens (including phenoxy) is 1. The average molecular weight is 301 g/mol. The summed E-state index contributed by atoms with van der Waals surface area (Å²) in [5.74, 6) is 0.555. The minimum atomic E-state index is -0.270. The van der Waals surface area contributed by atoms with Crippen molar-refractivity contribution in [2.75, 3.05) is 14.1 Å². The lowest BCUT2D eigenvalue weighted by atomic mass is 9.91. The summed E-state index contributed by atoms with van der Waals surface area (Å²) >= 11 is 0. The Labute approximate surface area is 129 Å². The Morgan fingerprint density at radius 1 is 1.00 bits per heavy atom. The standard InChI is InChI=1S/C15H12O4.C2H7N/c1-8-14(9-2-4-10(16)5-3-9)12-6-11(17)7-13(18)15(12)19-8;1-3-2/h2-7,14,16-18H,1H2;3H,1-2H3. The molecule has 0 aromatic heterocycles. The number of phenolic OH excluding ortho intramolecular Hbond substituents is 3. The highest BCUT2D eigenvalue weighted by Crippen LogP contribution is 2.49. The van der Waals surface area contributed by atoms with Crippen LogP contribution in [0.4, 0.5) is 0 Å². The van der Waals surface area contributed by atoms with Crippen LogP contribution < -0.4 is 10.1 Å². The van der Waals surface area contributed by atoms with Crippen molar-refractivity contribution in [3.8, 4) is 23.0 Å². The van der Waals surface area contributed by atoms with E-state index in [1.807, 2.05) is 14.1 Å². The van der Waals surface area contributed by atoms with Gasteiger partial charge < -0.3 is 25.4 Å². The van der Waals surface area contributed by atoms with Crippen LogP contribution in [-0.4, -0.2) is 29.4 Å². The summed E-state index contributed by atoms with van der Waals surface area (Å²) in [4.78, 5) is 0. The zero-order valence-electron chi connectivity index (χ0n) is 12.5. The Hall–Kier alpha value is -2.66. The molecular formula is C17H19NO4. The van der Waals surface area contributed by atoms with Gasteiger partial charge in [-0.1, -0.05) is 18.7 Å². The molecule has 4 N–H and O–H groups in total. The van der Waals surface area contributed by atoms with E-state index in [4.69, 9.17) is 4.74 Å². The van der Waals surface area contributed by atoms with E-state index < -0.39 is 0 Å². The summed E-state index contributed by atoms with van der Waals surface area (Å²) in [7, 11) is 3.75. The van der Waals surface area contributed by atoms with E-state index in [1.54, 1.807) is 30.3 Å². The fourth-order valence-corrected chi connectivity index (χ4v) is 2.34. The van der Waals surface area contributed by atoms with Crippen LogP contribution in [0.3, 0.4) is 0 Å². The fourth-order valence-electron chi connectivity index (χ4n) is 2.34. The summed E-state index contributed by atoms with van der Waals surface area (Å²) in [6.45, 7) is 3.84. The second-order valence-corrected chi connectivity index (χ2v) is 4.98. The van der Waals surface area contributed by atoms with Crippen molar-refractivity contribution in [2.45, 2.75) is 5.92 Å². The molecule has 0 spiro atoms. The minimum Gasteiger partial charge on any atom is -0.508 e. The second kappa shape index (κ2) is 6.41. The summed E-state index contributed by atoms with van der Waals surface area (Å²) in [6.07, 6.45) is 0. The topological polar surface area (TPSA) is 82.0 Å². The first-order valence-electron chi connectivity index (χ1n) is 6.77. The summed E-state index contributed by atoms with van der Waals surface area (Å²) in [5, 5.41) is 31.4. The first-order valence-corrected chi connectivity index (χ1v) is 6.77. The molecule has 0 aliphatic carbocycles.